The first kappa shape index (κ1) is 15.5. The smallest absolute Gasteiger partial charge is 0.416 e. The summed E-state index contributed by atoms with van der Waals surface area (Å²) in [4.78, 5) is 12.6. The third-order valence-electron chi connectivity index (χ3n) is 2.82. The van der Waals surface area contributed by atoms with Gasteiger partial charge in [0.05, 0.1) is 28.2 Å². The molecule has 1 heterocycles. The average Bonchev–Trinajstić information content (AvgIpc) is 2.75. The van der Waals surface area contributed by atoms with Crippen LogP contribution in [0.1, 0.15) is 11.1 Å². The van der Waals surface area contributed by atoms with Crippen LogP contribution in [-0.2, 0) is 15.7 Å². The molecule has 1 aliphatic heterocycles. The number of rotatable bonds is 3. The van der Waals surface area contributed by atoms with E-state index in [-0.39, 0.29) is 16.9 Å². The summed E-state index contributed by atoms with van der Waals surface area (Å²) in [6, 6.07) is 4.72. The second-order valence-corrected chi connectivity index (χ2v) is 5.23. The number of carbonyl (C=O) groups is 1. The van der Waals surface area contributed by atoms with E-state index in [4.69, 9.17) is 4.74 Å². The largest absolute Gasteiger partial charge is 0.503 e. The fourth-order valence-electron chi connectivity index (χ4n) is 1.91. The van der Waals surface area contributed by atoms with E-state index in [1.54, 1.807) is 7.05 Å². The number of benzene rings is 1. The molecule has 0 spiro atoms. The summed E-state index contributed by atoms with van der Waals surface area (Å²) < 4.78 is 43.1. The maximum absolute atomic E-state index is 12.8. The van der Waals surface area contributed by atoms with Gasteiger partial charge in [0.2, 0.25) is 5.78 Å². The molecule has 1 aromatic rings. The first-order valence-electron chi connectivity index (χ1n) is 5.93. The Morgan fingerprint density at radius 3 is 2.62 bits per heavy atom. The molecule has 0 aromatic heterocycles. The van der Waals surface area contributed by atoms with E-state index in [9.17, 15) is 18.0 Å². The Hall–Kier alpha value is -1.89. The number of carbonyl (C=O) groups excluding carboxylic acids is 1. The zero-order chi connectivity index (χ0) is 15.6. The maximum Gasteiger partial charge on any atom is 0.416 e. The van der Waals surface area contributed by atoms with Gasteiger partial charge in [0, 0.05) is 7.05 Å². The number of alkyl halides is 3. The molecule has 0 fully saturated rings. The second-order valence-electron chi connectivity index (χ2n) is 4.18. The van der Waals surface area contributed by atoms with E-state index in [1.165, 1.54) is 25.5 Å². The van der Waals surface area contributed by atoms with Crippen LogP contribution >= 0.6 is 11.8 Å². The molecule has 0 unspecified atom stereocenters. The van der Waals surface area contributed by atoms with Gasteiger partial charge in [0.1, 0.15) is 6.26 Å². The van der Waals surface area contributed by atoms with E-state index in [2.05, 4.69) is 5.32 Å². The molecule has 0 aliphatic carbocycles. The minimum absolute atomic E-state index is 0.219. The zero-order valence-electron chi connectivity index (χ0n) is 11.2. The Balaban J connectivity index is 2.50. The van der Waals surface area contributed by atoms with Gasteiger partial charge >= 0.3 is 6.18 Å². The molecule has 0 saturated heterocycles. The predicted molar refractivity (Wildman–Crippen MR) is 75.1 cm³/mol. The highest BCUT2D eigenvalue weighted by Crippen LogP contribution is 2.42. The van der Waals surface area contributed by atoms with Crippen LogP contribution in [0.15, 0.2) is 40.5 Å². The lowest BCUT2D eigenvalue weighted by Gasteiger charge is -2.09. The van der Waals surface area contributed by atoms with Crippen molar-refractivity contribution in [1.82, 2.24) is 5.32 Å². The van der Waals surface area contributed by atoms with Gasteiger partial charge in [-0.25, -0.2) is 0 Å². The van der Waals surface area contributed by atoms with E-state index in [1.807, 2.05) is 0 Å². The number of thioether (sulfide) groups is 1. The van der Waals surface area contributed by atoms with Crippen LogP contribution in [0.4, 0.5) is 13.2 Å². The van der Waals surface area contributed by atoms with Crippen LogP contribution in [0.5, 0.6) is 0 Å². The standard InChI is InChI=1S/C14H12F3NO2S/c1-18-13-11(12(19)10(21-13)7-20-2)8-4-3-5-9(6-8)14(15,16)17/h3-7,18H,1-2H3. The molecule has 112 valence electrons. The zero-order valence-corrected chi connectivity index (χ0v) is 12.1. The third-order valence-corrected chi connectivity index (χ3v) is 3.93. The normalized spacial score (nSPS) is 17.6. The number of allylic oxidation sites excluding steroid dienone is 2. The van der Waals surface area contributed by atoms with Crippen molar-refractivity contribution < 1.29 is 22.7 Å². The molecular weight excluding hydrogens is 303 g/mol. The van der Waals surface area contributed by atoms with Crippen molar-refractivity contribution in [2.45, 2.75) is 6.18 Å². The molecule has 1 aliphatic rings. The predicted octanol–water partition coefficient (Wildman–Crippen LogP) is 3.40. The highest BCUT2D eigenvalue weighted by molar-refractivity contribution is 8.08. The lowest BCUT2D eigenvalue weighted by atomic mass is 10.00. The quantitative estimate of drug-likeness (QED) is 0.685. The molecule has 7 heteroatoms. The van der Waals surface area contributed by atoms with Gasteiger partial charge in [-0.1, -0.05) is 23.9 Å². The molecule has 1 N–H and O–H groups in total. The fraction of sp³-hybridized carbons (Fsp3) is 0.214. The van der Waals surface area contributed by atoms with Gasteiger partial charge in [-0.3, -0.25) is 4.79 Å². The highest BCUT2D eigenvalue weighted by atomic mass is 32.2. The van der Waals surface area contributed by atoms with Gasteiger partial charge in [0.25, 0.3) is 0 Å². The monoisotopic (exact) mass is 315 g/mol. The molecule has 21 heavy (non-hydrogen) atoms. The molecule has 3 nitrogen and oxygen atoms in total. The number of ether oxygens (including phenoxy) is 1. The third kappa shape index (κ3) is 3.07. The minimum atomic E-state index is -4.45. The molecule has 2 rings (SSSR count). The lowest BCUT2D eigenvalue weighted by Crippen LogP contribution is -2.08. The number of methoxy groups -OCH3 is 1. The number of halogens is 3. The minimum Gasteiger partial charge on any atom is -0.503 e. The Morgan fingerprint density at radius 2 is 2.05 bits per heavy atom. The molecule has 0 radical (unpaired) electrons. The van der Waals surface area contributed by atoms with Gasteiger partial charge in [-0.15, -0.1) is 0 Å². The van der Waals surface area contributed by atoms with Crippen molar-refractivity contribution >= 4 is 23.1 Å². The number of nitrogens with one attached hydrogen (secondary N) is 1. The first-order chi connectivity index (χ1) is 9.88. The van der Waals surface area contributed by atoms with Crippen molar-refractivity contribution in [1.29, 1.82) is 0 Å². The molecule has 0 bridgehead atoms. The van der Waals surface area contributed by atoms with Crippen molar-refractivity contribution in [3.05, 3.63) is 51.6 Å². The van der Waals surface area contributed by atoms with Crippen LogP contribution in [0.2, 0.25) is 0 Å². The Kier molecular flexibility index (Phi) is 4.32. The van der Waals surface area contributed by atoms with Crippen LogP contribution < -0.4 is 5.32 Å². The van der Waals surface area contributed by atoms with Crippen molar-refractivity contribution in [3.63, 3.8) is 0 Å². The van der Waals surface area contributed by atoms with Crippen LogP contribution in [0, 0.1) is 0 Å². The van der Waals surface area contributed by atoms with Gasteiger partial charge in [0.15, 0.2) is 0 Å². The highest BCUT2D eigenvalue weighted by Gasteiger charge is 2.34. The number of hydrogen-bond donors (Lipinski definition) is 1. The lowest BCUT2D eigenvalue weighted by molar-refractivity contribution is -0.137. The van der Waals surface area contributed by atoms with Gasteiger partial charge in [-0.2, -0.15) is 13.2 Å². The summed E-state index contributed by atoms with van der Waals surface area (Å²) in [7, 11) is 3.02. The molecule has 0 saturated carbocycles. The first-order valence-corrected chi connectivity index (χ1v) is 6.75. The van der Waals surface area contributed by atoms with Crippen LogP contribution in [0.25, 0.3) is 5.57 Å². The Morgan fingerprint density at radius 1 is 1.33 bits per heavy atom. The summed E-state index contributed by atoms with van der Waals surface area (Å²) in [5.41, 5.74) is -0.340. The SMILES string of the molecule is CNC1=C(c2cccc(C(F)(F)F)c2)C(=O)C(=COC)S1. The topological polar surface area (TPSA) is 38.3 Å². The summed E-state index contributed by atoms with van der Waals surface area (Å²) in [6.07, 6.45) is -3.17. The van der Waals surface area contributed by atoms with E-state index >= 15 is 0 Å². The number of ketones is 1. The summed E-state index contributed by atoms with van der Waals surface area (Å²) in [5, 5.41) is 3.34. The number of Topliss-reactive ketones (excluding diaryl/α,β-unsaturated/α-hetero) is 1. The van der Waals surface area contributed by atoms with Crippen molar-refractivity contribution in [3.8, 4) is 0 Å². The fourth-order valence-corrected chi connectivity index (χ4v) is 2.88. The van der Waals surface area contributed by atoms with Crippen LogP contribution in [0.3, 0.4) is 0 Å². The van der Waals surface area contributed by atoms with E-state index < -0.39 is 11.7 Å². The van der Waals surface area contributed by atoms with E-state index in [0.717, 1.165) is 23.9 Å². The molecule has 0 amide bonds. The Bertz CT molecular complexity index is 635. The van der Waals surface area contributed by atoms with Gasteiger partial charge in [-0.05, 0) is 17.7 Å². The maximum atomic E-state index is 12.8. The van der Waals surface area contributed by atoms with Crippen molar-refractivity contribution in [2.75, 3.05) is 14.2 Å². The summed E-state index contributed by atoms with van der Waals surface area (Å²) in [6.45, 7) is 0. The molecule has 1 aromatic carbocycles. The average molecular weight is 315 g/mol. The summed E-state index contributed by atoms with van der Waals surface area (Å²) >= 11 is 1.13. The van der Waals surface area contributed by atoms with Crippen molar-refractivity contribution in [2.24, 2.45) is 0 Å². The number of hydrogen-bond acceptors (Lipinski definition) is 4. The van der Waals surface area contributed by atoms with Gasteiger partial charge < -0.3 is 10.1 Å². The van der Waals surface area contributed by atoms with Crippen LogP contribution in [-0.4, -0.2) is 19.9 Å². The molecular formula is C14H12F3NO2S. The summed E-state index contributed by atoms with van der Waals surface area (Å²) in [5.74, 6) is -0.356. The second kappa shape index (κ2) is 5.85. The molecule has 0 atom stereocenters. The Labute approximate surface area is 123 Å². The van der Waals surface area contributed by atoms with E-state index in [0.29, 0.717) is 9.93 Å².